The topological polar surface area (TPSA) is 124 Å². The fourth-order valence-electron chi connectivity index (χ4n) is 4.37. The monoisotopic (exact) mass is 518 g/mol. The van der Waals surface area contributed by atoms with Gasteiger partial charge in [-0.25, -0.2) is 23.3 Å². The van der Waals surface area contributed by atoms with Crippen LogP contribution in [0.5, 0.6) is 5.75 Å². The van der Waals surface area contributed by atoms with Gasteiger partial charge in [0.15, 0.2) is 5.03 Å². The summed E-state index contributed by atoms with van der Waals surface area (Å²) < 4.78 is 35.3. The minimum Gasteiger partial charge on any atom is -0.489 e. The summed E-state index contributed by atoms with van der Waals surface area (Å²) in [6.07, 6.45) is 2.34. The maximum Gasteiger partial charge on any atom is 0.410 e. The van der Waals surface area contributed by atoms with Crippen LogP contribution in [0.2, 0.25) is 0 Å². The lowest BCUT2D eigenvalue weighted by Crippen LogP contribution is -2.45. The molecule has 3 N–H and O–H groups in total. The standard InChI is InChI=1S/C26H38N4O5S/c1-25(2,3)35-24(31)30-17-20(16-26(30,4)5)12-9-13-28-22-14-21(15-23(29-22)36(27,32)33)34-18-19-10-7-6-8-11-19/h6-8,10-11,14-15,20H,9,12-13,16-18H2,1-5H3,(H,28,29)(H2,27,32,33). The van der Waals surface area contributed by atoms with Crippen molar-refractivity contribution in [3.8, 4) is 5.75 Å². The molecule has 1 aromatic heterocycles. The van der Waals surface area contributed by atoms with Crippen LogP contribution >= 0.6 is 0 Å². The summed E-state index contributed by atoms with van der Waals surface area (Å²) in [5.74, 6) is 1.10. The minimum atomic E-state index is -4.00. The molecular formula is C26H38N4O5S. The normalized spacial score (nSPS) is 17.6. The SMILES string of the molecule is CC(C)(C)OC(=O)N1CC(CCCNc2cc(OCc3ccccc3)cc(S(N)(=O)=O)n2)CC1(C)C. The van der Waals surface area contributed by atoms with Crippen molar-refractivity contribution in [2.75, 3.05) is 18.4 Å². The molecule has 3 rings (SSSR count). The second-order valence-electron chi connectivity index (χ2n) is 10.9. The van der Waals surface area contributed by atoms with Crippen LogP contribution in [0.1, 0.15) is 59.4 Å². The van der Waals surface area contributed by atoms with E-state index in [-0.39, 0.29) is 16.7 Å². The van der Waals surface area contributed by atoms with Crippen LogP contribution in [0, 0.1) is 5.92 Å². The molecule has 0 spiro atoms. The maximum atomic E-state index is 12.6. The third-order valence-electron chi connectivity index (χ3n) is 5.98. The average molecular weight is 519 g/mol. The fraction of sp³-hybridized carbons (Fsp3) is 0.538. The number of nitrogens with zero attached hydrogens (tertiary/aromatic N) is 2. The molecule has 1 aliphatic rings. The Labute approximate surface area is 214 Å². The third kappa shape index (κ3) is 8.09. The van der Waals surface area contributed by atoms with E-state index in [1.165, 1.54) is 6.07 Å². The van der Waals surface area contributed by atoms with Gasteiger partial charge in [0.05, 0.1) is 0 Å². The van der Waals surface area contributed by atoms with Gasteiger partial charge in [-0.05, 0) is 65.4 Å². The molecule has 0 radical (unpaired) electrons. The molecule has 1 amide bonds. The van der Waals surface area contributed by atoms with Crippen molar-refractivity contribution in [3.63, 3.8) is 0 Å². The minimum absolute atomic E-state index is 0.249. The molecule has 1 fully saturated rings. The van der Waals surface area contributed by atoms with E-state index in [9.17, 15) is 13.2 Å². The number of carbonyl (C=O) groups is 1. The van der Waals surface area contributed by atoms with Crippen molar-refractivity contribution in [1.82, 2.24) is 9.88 Å². The number of hydrogen-bond acceptors (Lipinski definition) is 7. The molecule has 0 bridgehead atoms. The summed E-state index contributed by atoms with van der Waals surface area (Å²) in [6, 6.07) is 12.6. The molecule has 36 heavy (non-hydrogen) atoms. The van der Waals surface area contributed by atoms with E-state index >= 15 is 0 Å². The number of likely N-dealkylation sites (tertiary alicyclic amines) is 1. The number of amides is 1. The second-order valence-corrected chi connectivity index (χ2v) is 12.4. The van der Waals surface area contributed by atoms with Crippen molar-refractivity contribution >= 4 is 21.9 Å². The van der Waals surface area contributed by atoms with Crippen LogP contribution in [0.15, 0.2) is 47.5 Å². The Bertz CT molecular complexity index is 1150. The molecule has 1 atom stereocenters. The van der Waals surface area contributed by atoms with Gasteiger partial charge in [0, 0.05) is 30.8 Å². The lowest BCUT2D eigenvalue weighted by atomic mass is 9.93. The molecular weight excluding hydrogens is 480 g/mol. The number of nitrogens with two attached hydrogens (primary N) is 1. The molecule has 1 aliphatic heterocycles. The molecule has 2 heterocycles. The second kappa shape index (κ2) is 11.0. The van der Waals surface area contributed by atoms with Crippen LogP contribution < -0.4 is 15.2 Å². The van der Waals surface area contributed by atoms with Gasteiger partial charge in [0.25, 0.3) is 10.0 Å². The first-order chi connectivity index (χ1) is 16.7. The predicted octanol–water partition coefficient (Wildman–Crippen LogP) is 4.54. The first-order valence-electron chi connectivity index (χ1n) is 12.2. The summed E-state index contributed by atoms with van der Waals surface area (Å²) in [5.41, 5.74) is 0.162. The van der Waals surface area contributed by atoms with E-state index in [1.54, 1.807) is 6.07 Å². The van der Waals surface area contributed by atoms with Crippen molar-refractivity contribution in [2.45, 2.75) is 76.7 Å². The van der Waals surface area contributed by atoms with Gasteiger partial charge in [-0.1, -0.05) is 30.3 Å². The molecule has 1 unspecified atom stereocenters. The number of benzene rings is 1. The number of rotatable bonds is 9. The zero-order valence-corrected chi connectivity index (χ0v) is 22.6. The van der Waals surface area contributed by atoms with E-state index in [0.717, 1.165) is 24.8 Å². The number of carbonyl (C=O) groups excluding carboxylic acids is 1. The Morgan fingerprint density at radius 2 is 1.92 bits per heavy atom. The number of primary sulfonamides is 1. The van der Waals surface area contributed by atoms with Gasteiger partial charge in [-0.2, -0.15) is 0 Å². The highest BCUT2D eigenvalue weighted by Gasteiger charge is 2.42. The summed E-state index contributed by atoms with van der Waals surface area (Å²) >= 11 is 0. The third-order valence-corrected chi connectivity index (χ3v) is 6.78. The van der Waals surface area contributed by atoms with E-state index < -0.39 is 15.6 Å². The first-order valence-corrected chi connectivity index (χ1v) is 13.7. The fourth-order valence-corrected chi connectivity index (χ4v) is 4.87. The number of hydrogen-bond donors (Lipinski definition) is 2. The molecule has 9 nitrogen and oxygen atoms in total. The number of sulfonamides is 1. The van der Waals surface area contributed by atoms with Crippen LogP contribution in [0.3, 0.4) is 0 Å². The van der Waals surface area contributed by atoms with E-state index in [4.69, 9.17) is 14.6 Å². The summed E-state index contributed by atoms with van der Waals surface area (Å²) in [6.45, 7) is 11.3. The van der Waals surface area contributed by atoms with E-state index in [2.05, 4.69) is 24.1 Å². The van der Waals surface area contributed by atoms with Gasteiger partial charge >= 0.3 is 6.09 Å². The smallest absolute Gasteiger partial charge is 0.410 e. The van der Waals surface area contributed by atoms with Crippen LogP contribution in [-0.4, -0.2) is 48.6 Å². The van der Waals surface area contributed by atoms with E-state index in [1.807, 2.05) is 56.0 Å². The van der Waals surface area contributed by atoms with Crippen LogP contribution in [-0.2, 0) is 21.4 Å². The molecule has 1 aromatic carbocycles. The Kier molecular flexibility index (Phi) is 8.51. The maximum absolute atomic E-state index is 12.6. The van der Waals surface area contributed by atoms with E-state index in [0.29, 0.717) is 37.2 Å². The zero-order chi connectivity index (χ0) is 26.6. The van der Waals surface area contributed by atoms with Gasteiger partial charge in [-0.3, -0.25) is 0 Å². The van der Waals surface area contributed by atoms with Crippen LogP contribution in [0.25, 0.3) is 0 Å². The number of nitrogens with one attached hydrogen (secondary N) is 1. The molecule has 198 valence electrons. The average Bonchev–Trinajstić information content (AvgIpc) is 3.08. The van der Waals surface area contributed by atoms with Gasteiger partial charge < -0.3 is 19.7 Å². The van der Waals surface area contributed by atoms with Gasteiger partial charge in [0.1, 0.15) is 23.8 Å². The van der Waals surface area contributed by atoms with Crippen molar-refractivity contribution in [2.24, 2.45) is 11.1 Å². The lowest BCUT2D eigenvalue weighted by molar-refractivity contribution is 0.0131. The highest BCUT2D eigenvalue weighted by atomic mass is 32.2. The van der Waals surface area contributed by atoms with Crippen molar-refractivity contribution in [1.29, 1.82) is 0 Å². The number of pyridine rings is 1. The number of anilines is 1. The first kappa shape index (κ1) is 27.7. The molecule has 1 saturated heterocycles. The van der Waals surface area contributed by atoms with Crippen molar-refractivity contribution < 1.29 is 22.7 Å². The Morgan fingerprint density at radius 1 is 1.22 bits per heavy atom. The zero-order valence-electron chi connectivity index (χ0n) is 21.8. The summed E-state index contributed by atoms with van der Waals surface area (Å²) in [5, 5.41) is 8.26. The quantitative estimate of drug-likeness (QED) is 0.467. The Hall–Kier alpha value is -2.85. The van der Waals surface area contributed by atoms with Crippen molar-refractivity contribution in [3.05, 3.63) is 48.0 Å². The highest BCUT2D eigenvalue weighted by molar-refractivity contribution is 7.89. The summed E-state index contributed by atoms with van der Waals surface area (Å²) in [7, 11) is -4.00. The number of aromatic nitrogens is 1. The number of ether oxygens (including phenoxy) is 2. The molecule has 0 saturated carbocycles. The Balaban J connectivity index is 1.56. The molecule has 2 aromatic rings. The molecule has 0 aliphatic carbocycles. The largest absolute Gasteiger partial charge is 0.489 e. The Morgan fingerprint density at radius 3 is 2.56 bits per heavy atom. The highest BCUT2D eigenvalue weighted by Crippen LogP contribution is 2.36. The van der Waals surface area contributed by atoms with Gasteiger partial charge in [0.2, 0.25) is 0 Å². The lowest BCUT2D eigenvalue weighted by Gasteiger charge is -2.33. The molecule has 10 heteroatoms. The van der Waals surface area contributed by atoms with Gasteiger partial charge in [-0.15, -0.1) is 0 Å². The predicted molar refractivity (Wildman–Crippen MR) is 139 cm³/mol. The van der Waals surface area contributed by atoms with Crippen LogP contribution in [0.4, 0.5) is 10.6 Å². The summed E-state index contributed by atoms with van der Waals surface area (Å²) in [4.78, 5) is 18.6.